The smallest absolute Gasteiger partial charge is 0.269 e. The molecule has 2 aromatic rings. The van der Waals surface area contributed by atoms with Crippen LogP contribution in [0.5, 0.6) is 5.75 Å². The van der Waals surface area contributed by atoms with Gasteiger partial charge in [0.05, 0.1) is 12.0 Å². The van der Waals surface area contributed by atoms with E-state index in [0.29, 0.717) is 5.56 Å². The number of hydrogen-bond acceptors (Lipinski definition) is 4. The van der Waals surface area contributed by atoms with Gasteiger partial charge in [0.2, 0.25) is 0 Å². The first-order valence-electron chi connectivity index (χ1n) is 8.32. The molecular formula is C19H20N2O4. The Kier molecular flexibility index (Phi) is 4.97. The van der Waals surface area contributed by atoms with E-state index in [1.807, 2.05) is 29.2 Å². The first-order valence-corrected chi connectivity index (χ1v) is 8.32. The molecule has 0 spiro atoms. The summed E-state index contributed by atoms with van der Waals surface area (Å²) >= 11 is 0. The summed E-state index contributed by atoms with van der Waals surface area (Å²) in [5.74, 6) is 0.602. The SMILES string of the molecule is COc1ccc(N(C(=O)c2ccc([N+](=O)[O-])cc2)C2CCCC2)cc1. The van der Waals surface area contributed by atoms with E-state index in [1.54, 1.807) is 7.11 Å². The Morgan fingerprint density at radius 1 is 1.08 bits per heavy atom. The van der Waals surface area contributed by atoms with Crippen molar-refractivity contribution < 1.29 is 14.5 Å². The van der Waals surface area contributed by atoms with E-state index in [0.717, 1.165) is 37.1 Å². The zero-order valence-corrected chi connectivity index (χ0v) is 14.1. The van der Waals surface area contributed by atoms with Gasteiger partial charge in [0.25, 0.3) is 11.6 Å². The number of carbonyl (C=O) groups excluding carboxylic acids is 1. The van der Waals surface area contributed by atoms with Crippen LogP contribution in [0.4, 0.5) is 11.4 Å². The molecule has 0 bridgehead atoms. The molecule has 0 aliphatic heterocycles. The number of ether oxygens (including phenoxy) is 1. The van der Waals surface area contributed by atoms with Gasteiger partial charge in [-0.25, -0.2) is 0 Å². The number of methoxy groups -OCH3 is 1. The number of nitro benzene ring substituents is 1. The molecular weight excluding hydrogens is 320 g/mol. The minimum atomic E-state index is -0.466. The normalized spacial score (nSPS) is 14.3. The quantitative estimate of drug-likeness (QED) is 0.604. The second-order valence-corrected chi connectivity index (χ2v) is 6.12. The summed E-state index contributed by atoms with van der Waals surface area (Å²) in [7, 11) is 1.60. The van der Waals surface area contributed by atoms with Gasteiger partial charge in [0, 0.05) is 29.4 Å². The molecule has 0 N–H and O–H groups in total. The van der Waals surface area contributed by atoms with E-state index < -0.39 is 4.92 Å². The Morgan fingerprint density at radius 3 is 2.20 bits per heavy atom. The topological polar surface area (TPSA) is 72.7 Å². The first kappa shape index (κ1) is 17.0. The van der Waals surface area contributed by atoms with Gasteiger partial charge in [-0.2, -0.15) is 0 Å². The number of nitro groups is 1. The van der Waals surface area contributed by atoms with Crippen molar-refractivity contribution in [1.29, 1.82) is 0 Å². The number of rotatable bonds is 5. The van der Waals surface area contributed by atoms with Crippen LogP contribution in [0.25, 0.3) is 0 Å². The summed E-state index contributed by atoms with van der Waals surface area (Å²) in [5, 5.41) is 10.8. The van der Waals surface area contributed by atoms with Crippen molar-refractivity contribution in [1.82, 2.24) is 0 Å². The third-order valence-corrected chi connectivity index (χ3v) is 4.58. The van der Waals surface area contributed by atoms with Crippen molar-refractivity contribution in [2.24, 2.45) is 0 Å². The van der Waals surface area contributed by atoms with Crippen molar-refractivity contribution in [2.75, 3.05) is 12.0 Å². The minimum Gasteiger partial charge on any atom is -0.497 e. The summed E-state index contributed by atoms with van der Waals surface area (Å²) in [6, 6.07) is 13.3. The van der Waals surface area contributed by atoms with E-state index in [1.165, 1.54) is 24.3 Å². The second kappa shape index (κ2) is 7.34. The summed E-state index contributed by atoms with van der Waals surface area (Å²) in [6.07, 6.45) is 4.13. The molecule has 1 amide bonds. The van der Waals surface area contributed by atoms with Crippen LogP contribution < -0.4 is 9.64 Å². The molecule has 0 radical (unpaired) electrons. The molecule has 1 aliphatic carbocycles. The van der Waals surface area contributed by atoms with Gasteiger partial charge in [-0.05, 0) is 49.2 Å². The highest BCUT2D eigenvalue weighted by molar-refractivity contribution is 6.06. The molecule has 6 nitrogen and oxygen atoms in total. The van der Waals surface area contributed by atoms with Gasteiger partial charge in [-0.1, -0.05) is 12.8 Å². The number of nitrogens with zero attached hydrogens (tertiary/aromatic N) is 2. The zero-order chi connectivity index (χ0) is 17.8. The molecule has 1 fully saturated rings. The molecule has 1 aliphatic rings. The molecule has 3 rings (SSSR count). The van der Waals surface area contributed by atoms with Crippen LogP contribution in [-0.2, 0) is 0 Å². The summed E-state index contributed by atoms with van der Waals surface area (Å²) in [4.78, 5) is 25.2. The third kappa shape index (κ3) is 3.63. The predicted molar refractivity (Wildman–Crippen MR) is 95.2 cm³/mol. The van der Waals surface area contributed by atoms with Gasteiger partial charge in [0.1, 0.15) is 5.75 Å². The van der Waals surface area contributed by atoms with Crippen molar-refractivity contribution in [3.63, 3.8) is 0 Å². The molecule has 130 valence electrons. The lowest BCUT2D eigenvalue weighted by atomic mass is 10.1. The fourth-order valence-electron chi connectivity index (χ4n) is 3.26. The van der Waals surface area contributed by atoms with Crippen LogP contribution in [0, 0.1) is 10.1 Å². The van der Waals surface area contributed by atoms with Gasteiger partial charge in [-0.3, -0.25) is 14.9 Å². The predicted octanol–water partition coefficient (Wildman–Crippen LogP) is 4.19. The molecule has 0 aromatic heterocycles. The maximum atomic E-state index is 13.1. The van der Waals surface area contributed by atoms with Crippen molar-refractivity contribution in [2.45, 2.75) is 31.7 Å². The molecule has 0 unspecified atom stereocenters. The van der Waals surface area contributed by atoms with Crippen LogP contribution in [0.2, 0.25) is 0 Å². The minimum absolute atomic E-state index is 0.0200. The maximum Gasteiger partial charge on any atom is 0.269 e. The van der Waals surface area contributed by atoms with E-state index in [4.69, 9.17) is 4.74 Å². The highest BCUT2D eigenvalue weighted by Gasteiger charge is 2.29. The molecule has 0 atom stereocenters. The Hall–Kier alpha value is -2.89. The van der Waals surface area contributed by atoms with Gasteiger partial charge >= 0.3 is 0 Å². The second-order valence-electron chi connectivity index (χ2n) is 6.12. The van der Waals surface area contributed by atoms with Gasteiger partial charge in [0.15, 0.2) is 0 Å². The Bertz CT molecular complexity index is 750. The fraction of sp³-hybridized carbons (Fsp3) is 0.316. The van der Waals surface area contributed by atoms with Crippen LogP contribution in [-0.4, -0.2) is 24.0 Å². The van der Waals surface area contributed by atoms with E-state index in [-0.39, 0.29) is 17.6 Å². The molecule has 1 saturated carbocycles. The van der Waals surface area contributed by atoms with Crippen LogP contribution in [0.15, 0.2) is 48.5 Å². The average Bonchev–Trinajstić information content (AvgIpc) is 3.16. The lowest BCUT2D eigenvalue weighted by molar-refractivity contribution is -0.384. The standard InChI is InChI=1S/C19H20N2O4/c1-25-18-12-10-16(11-13-18)20(15-4-2-3-5-15)19(22)14-6-8-17(9-7-14)21(23)24/h6-13,15H,2-5H2,1H3. The summed E-state index contributed by atoms with van der Waals surface area (Å²) in [5.41, 5.74) is 1.25. The largest absolute Gasteiger partial charge is 0.497 e. The van der Waals surface area contributed by atoms with Gasteiger partial charge in [-0.15, -0.1) is 0 Å². The van der Waals surface area contributed by atoms with Crippen LogP contribution in [0.1, 0.15) is 36.0 Å². The summed E-state index contributed by atoms with van der Waals surface area (Å²) in [6.45, 7) is 0. The fourth-order valence-corrected chi connectivity index (χ4v) is 3.26. The number of amides is 1. The third-order valence-electron chi connectivity index (χ3n) is 4.58. The van der Waals surface area contributed by atoms with E-state index in [9.17, 15) is 14.9 Å². The maximum absolute atomic E-state index is 13.1. The Morgan fingerprint density at radius 2 is 1.68 bits per heavy atom. The highest BCUT2D eigenvalue weighted by Crippen LogP contribution is 2.31. The molecule has 2 aromatic carbocycles. The number of anilines is 1. The lowest BCUT2D eigenvalue weighted by Crippen LogP contribution is -2.39. The van der Waals surface area contributed by atoms with Crippen molar-refractivity contribution >= 4 is 17.3 Å². The summed E-state index contributed by atoms with van der Waals surface area (Å²) < 4.78 is 5.19. The number of non-ortho nitro benzene ring substituents is 1. The molecule has 6 heteroatoms. The van der Waals surface area contributed by atoms with E-state index >= 15 is 0 Å². The lowest BCUT2D eigenvalue weighted by Gasteiger charge is -2.29. The number of hydrogen-bond donors (Lipinski definition) is 0. The number of carbonyl (C=O) groups is 1. The molecule has 25 heavy (non-hydrogen) atoms. The van der Waals surface area contributed by atoms with E-state index in [2.05, 4.69) is 0 Å². The van der Waals surface area contributed by atoms with Crippen molar-refractivity contribution in [3.8, 4) is 5.75 Å². The monoisotopic (exact) mass is 340 g/mol. The average molecular weight is 340 g/mol. The van der Waals surface area contributed by atoms with Crippen LogP contribution >= 0.6 is 0 Å². The molecule has 0 saturated heterocycles. The number of benzene rings is 2. The van der Waals surface area contributed by atoms with Gasteiger partial charge < -0.3 is 9.64 Å². The first-order chi connectivity index (χ1) is 12.1. The Balaban J connectivity index is 1.92. The Labute approximate surface area is 146 Å². The highest BCUT2D eigenvalue weighted by atomic mass is 16.6. The van der Waals surface area contributed by atoms with Crippen LogP contribution in [0.3, 0.4) is 0 Å². The zero-order valence-electron chi connectivity index (χ0n) is 14.1. The molecule has 0 heterocycles. The van der Waals surface area contributed by atoms with Crippen molar-refractivity contribution in [3.05, 3.63) is 64.2 Å².